The number of ketones is 1. The Kier molecular flexibility index (Phi) is 3.33. The number of ether oxygens (including phenoxy) is 1. The smallest absolute Gasteiger partial charge is 0.161 e. The van der Waals surface area contributed by atoms with Crippen LogP contribution >= 0.6 is 0 Å². The fraction of sp³-hybridized carbons (Fsp3) is 0.133. The van der Waals surface area contributed by atoms with E-state index in [1.165, 1.54) is 6.92 Å². The molecule has 0 aliphatic carbocycles. The molecule has 2 aromatic rings. The van der Waals surface area contributed by atoms with Gasteiger partial charge in [-0.15, -0.1) is 0 Å². The number of anilines is 1. The van der Waals surface area contributed by atoms with E-state index in [4.69, 9.17) is 10.5 Å². The zero-order chi connectivity index (χ0) is 13.1. The van der Waals surface area contributed by atoms with Crippen molar-refractivity contribution in [3.8, 4) is 11.5 Å². The number of rotatable bonds is 3. The SMILES string of the molecule is CC(=O)c1ccc(Oc2cccc(C)c2)cc1N. The van der Waals surface area contributed by atoms with E-state index in [1.54, 1.807) is 18.2 Å². The van der Waals surface area contributed by atoms with E-state index < -0.39 is 0 Å². The molecule has 18 heavy (non-hydrogen) atoms. The molecule has 0 aromatic heterocycles. The Hall–Kier alpha value is -2.29. The van der Waals surface area contributed by atoms with Gasteiger partial charge in [0.15, 0.2) is 5.78 Å². The maximum atomic E-state index is 11.3. The van der Waals surface area contributed by atoms with Crippen LogP contribution in [-0.4, -0.2) is 5.78 Å². The van der Waals surface area contributed by atoms with Gasteiger partial charge < -0.3 is 10.5 Å². The average Bonchev–Trinajstić information content (AvgIpc) is 2.28. The summed E-state index contributed by atoms with van der Waals surface area (Å²) in [4.78, 5) is 11.3. The number of carbonyl (C=O) groups excluding carboxylic acids is 1. The maximum absolute atomic E-state index is 11.3. The van der Waals surface area contributed by atoms with Crippen LogP contribution in [0.15, 0.2) is 42.5 Å². The summed E-state index contributed by atoms with van der Waals surface area (Å²) in [6.45, 7) is 3.49. The number of hydrogen-bond donors (Lipinski definition) is 1. The lowest BCUT2D eigenvalue weighted by Gasteiger charge is -2.08. The molecule has 0 fully saturated rings. The maximum Gasteiger partial charge on any atom is 0.161 e. The molecule has 0 atom stereocenters. The van der Waals surface area contributed by atoms with E-state index in [-0.39, 0.29) is 5.78 Å². The van der Waals surface area contributed by atoms with Crippen molar-refractivity contribution in [3.63, 3.8) is 0 Å². The average molecular weight is 241 g/mol. The van der Waals surface area contributed by atoms with Crippen molar-refractivity contribution < 1.29 is 9.53 Å². The lowest BCUT2D eigenvalue weighted by atomic mass is 10.1. The van der Waals surface area contributed by atoms with Gasteiger partial charge in [0.25, 0.3) is 0 Å². The van der Waals surface area contributed by atoms with Crippen LogP contribution in [0.1, 0.15) is 22.8 Å². The van der Waals surface area contributed by atoms with Crippen LogP contribution in [0, 0.1) is 6.92 Å². The van der Waals surface area contributed by atoms with Crippen LogP contribution in [0.3, 0.4) is 0 Å². The van der Waals surface area contributed by atoms with Crippen molar-refractivity contribution in [3.05, 3.63) is 53.6 Å². The molecule has 0 saturated carbocycles. The summed E-state index contributed by atoms with van der Waals surface area (Å²) < 4.78 is 5.68. The summed E-state index contributed by atoms with van der Waals surface area (Å²) in [7, 11) is 0. The Morgan fingerprint density at radius 3 is 2.44 bits per heavy atom. The first-order chi connectivity index (χ1) is 8.56. The van der Waals surface area contributed by atoms with Crippen LogP contribution in [0.4, 0.5) is 5.69 Å². The van der Waals surface area contributed by atoms with Crippen LogP contribution in [0.5, 0.6) is 11.5 Å². The highest BCUT2D eigenvalue weighted by atomic mass is 16.5. The molecule has 0 bridgehead atoms. The number of nitrogens with two attached hydrogens (primary N) is 1. The van der Waals surface area contributed by atoms with Crippen LogP contribution in [-0.2, 0) is 0 Å². The van der Waals surface area contributed by atoms with Crippen LogP contribution < -0.4 is 10.5 Å². The molecule has 2 rings (SSSR count). The molecule has 2 N–H and O–H groups in total. The van der Waals surface area contributed by atoms with E-state index in [1.807, 2.05) is 31.2 Å². The Morgan fingerprint density at radius 1 is 1.11 bits per heavy atom. The summed E-state index contributed by atoms with van der Waals surface area (Å²) in [6.07, 6.45) is 0. The molecule has 0 aliphatic heterocycles. The second-order valence-electron chi connectivity index (χ2n) is 4.22. The topological polar surface area (TPSA) is 52.3 Å². The van der Waals surface area contributed by atoms with Gasteiger partial charge in [-0.05, 0) is 43.7 Å². The van der Waals surface area contributed by atoms with E-state index in [9.17, 15) is 4.79 Å². The van der Waals surface area contributed by atoms with E-state index >= 15 is 0 Å². The first-order valence-electron chi connectivity index (χ1n) is 5.71. The molecule has 0 spiro atoms. The normalized spacial score (nSPS) is 10.1. The summed E-state index contributed by atoms with van der Waals surface area (Å²) in [5, 5.41) is 0. The van der Waals surface area contributed by atoms with Crippen molar-refractivity contribution in [2.75, 3.05) is 5.73 Å². The fourth-order valence-electron chi connectivity index (χ4n) is 1.74. The Labute approximate surface area is 106 Å². The highest BCUT2D eigenvalue weighted by molar-refractivity contribution is 5.99. The van der Waals surface area contributed by atoms with Gasteiger partial charge in [-0.1, -0.05) is 12.1 Å². The number of carbonyl (C=O) groups is 1. The first-order valence-corrected chi connectivity index (χ1v) is 5.71. The Bertz CT molecular complexity index is 591. The minimum Gasteiger partial charge on any atom is -0.457 e. The van der Waals surface area contributed by atoms with Gasteiger partial charge in [0.05, 0.1) is 0 Å². The summed E-state index contributed by atoms with van der Waals surface area (Å²) >= 11 is 0. The molecule has 92 valence electrons. The molecule has 0 amide bonds. The standard InChI is InChI=1S/C15H15NO2/c1-10-4-3-5-12(8-10)18-13-6-7-14(11(2)17)15(16)9-13/h3-9H,16H2,1-2H3. The third kappa shape index (κ3) is 2.69. The molecule has 3 nitrogen and oxygen atoms in total. The van der Waals surface area contributed by atoms with E-state index in [2.05, 4.69) is 0 Å². The molecule has 0 unspecified atom stereocenters. The van der Waals surface area contributed by atoms with Gasteiger partial charge in [0, 0.05) is 17.3 Å². The number of hydrogen-bond acceptors (Lipinski definition) is 3. The van der Waals surface area contributed by atoms with Gasteiger partial charge in [0.1, 0.15) is 11.5 Å². The van der Waals surface area contributed by atoms with E-state index in [0.29, 0.717) is 17.0 Å². The number of benzene rings is 2. The van der Waals surface area contributed by atoms with Crippen molar-refractivity contribution in [1.29, 1.82) is 0 Å². The molecule has 3 heteroatoms. The fourth-order valence-corrected chi connectivity index (χ4v) is 1.74. The van der Waals surface area contributed by atoms with Crippen LogP contribution in [0.2, 0.25) is 0 Å². The van der Waals surface area contributed by atoms with Crippen molar-refractivity contribution in [2.24, 2.45) is 0 Å². The molecule has 2 aromatic carbocycles. The van der Waals surface area contributed by atoms with Crippen LogP contribution in [0.25, 0.3) is 0 Å². The van der Waals surface area contributed by atoms with Crippen molar-refractivity contribution in [1.82, 2.24) is 0 Å². The zero-order valence-electron chi connectivity index (χ0n) is 10.4. The minimum absolute atomic E-state index is 0.0467. The van der Waals surface area contributed by atoms with Gasteiger partial charge in [-0.2, -0.15) is 0 Å². The molecule has 0 heterocycles. The quantitative estimate of drug-likeness (QED) is 0.660. The van der Waals surface area contributed by atoms with Gasteiger partial charge in [-0.25, -0.2) is 0 Å². The third-order valence-corrected chi connectivity index (χ3v) is 2.63. The molecule has 0 radical (unpaired) electrons. The lowest BCUT2D eigenvalue weighted by molar-refractivity contribution is 0.101. The second-order valence-corrected chi connectivity index (χ2v) is 4.22. The Balaban J connectivity index is 2.25. The number of aryl methyl sites for hydroxylation is 1. The predicted octanol–water partition coefficient (Wildman–Crippen LogP) is 3.57. The predicted molar refractivity (Wildman–Crippen MR) is 72.1 cm³/mol. The summed E-state index contributed by atoms with van der Waals surface area (Å²) in [5.74, 6) is 1.34. The monoisotopic (exact) mass is 241 g/mol. The second kappa shape index (κ2) is 4.92. The summed E-state index contributed by atoms with van der Waals surface area (Å²) in [5.41, 5.74) is 7.89. The zero-order valence-corrected chi connectivity index (χ0v) is 10.4. The van der Waals surface area contributed by atoms with Gasteiger partial charge in [-0.3, -0.25) is 4.79 Å². The van der Waals surface area contributed by atoms with Gasteiger partial charge in [0.2, 0.25) is 0 Å². The number of Topliss-reactive ketones (excluding diaryl/α,β-unsaturated/α-hetero) is 1. The molecule has 0 saturated heterocycles. The van der Waals surface area contributed by atoms with Crippen molar-refractivity contribution in [2.45, 2.75) is 13.8 Å². The van der Waals surface area contributed by atoms with E-state index in [0.717, 1.165) is 11.3 Å². The van der Waals surface area contributed by atoms with Gasteiger partial charge >= 0.3 is 0 Å². The highest BCUT2D eigenvalue weighted by Crippen LogP contribution is 2.26. The third-order valence-electron chi connectivity index (χ3n) is 2.63. The van der Waals surface area contributed by atoms with Crippen molar-refractivity contribution >= 4 is 11.5 Å². The molecular weight excluding hydrogens is 226 g/mol. The Morgan fingerprint density at radius 2 is 1.83 bits per heavy atom. The first kappa shape index (κ1) is 12.2. The number of nitrogen functional groups attached to an aromatic ring is 1. The largest absolute Gasteiger partial charge is 0.457 e. The highest BCUT2D eigenvalue weighted by Gasteiger charge is 2.06. The lowest BCUT2D eigenvalue weighted by Crippen LogP contribution is -1.99. The molecule has 0 aliphatic rings. The minimum atomic E-state index is -0.0467. The summed E-state index contributed by atoms with van der Waals surface area (Å²) in [6, 6.07) is 12.8. The molecular formula is C15H15NO2.